The number of benzene rings is 2. The molecule has 32 heavy (non-hydrogen) atoms. The van der Waals surface area contributed by atoms with Crippen molar-refractivity contribution in [3.05, 3.63) is 71.8 Å². The van der Waals surface area contributed by atoms with E-state index in [1.54, 1.807) is 0 Å². The molecule has 2 rings (SSSR count). The standard InChI is InChI=1S/C22H31NO3.C2H2O4/c1-18(2)26-15-9-14-23(16-21(24)19-10-5-3-6-11-19)17-22(25)20-12-7-4-8-13-20;3-1(4)2(5)6/h3-8,10-13,18,21-22,24-25H,9,14-17H2,1-2H3;(H,3,4)(H,5,6). The molecular formula is C24H33NO7. The second kappa shape index (κ2) is 15.1. The van der Waals surface area contributed by atoms with Crippen molar-refractivity contribution in [3.63, 3.8) is 0 Å². The summed E-state index contributed by atoms with van der Waals surface area (Å²) in [5.74, 6) is -3.65. The Morgan fingerprint density at radius 3 is 1.56 bits per heavy atom. The topological polar surface area (TPSA) is 128 Å². The number of aliphatic hydroxyl groups excluding tert-OH is 2. The van der Waals surface area contributed by atoms with Gasteiger partial charge in [-0.15, -0.1) is 0 Å². The lowest BCUT2D eigenvalue weighted by Crippen LogP contribution is -2.34. The molecule has 0 saturated heterocycles. The van der Waals surface area contributed by atoms with Crippen molar-refractivity contribution in [2.45, 2.75) is 38.6 Å². The minimum absolute atomic E-state index is 0.216. The largest absolute Gasteiger partial charge is 0.473 e. The molecule has 0 aliphatic carbocycles. The fraction of sp³-hybridized carbons (Fsp3) is 0.417. The zero-order valence-electron chi connectivity index (χ0n) is 18.5. The minimum atomic E-state index is -1.82. The van der Waals surface area contributed by atoms with E-state index in [0.29, 0.717) is 19.7 Å². The number of aliphatic hydroxyl groups is 2. The molecule has 0 spiro atoms. The molecule has 0 saturated carbocycles. The Hall–Kier alpha value is -2.78. The molecule has 0 aromatic heterocycles. The molecule has 8 heteroatoms. The van der Waals surface area contributed by atoms with Gasteiger partial charge in [0.15, 0.2) is 0 Å². The van der Waals surface area contributed by atoms with Crippen LogP contribution in [0.5, 0.6) is 0 Å². The summed E-state index contributed by atoms with van der Waals surface area (Å²) in [4.78, 5) is 20.3. The summed E-state index contributed by atoms with van der Waals surface area (Å²) in [5, 5.41) is 35.9. The zero-order chi connectivity index (χ0) is 23.9. The molecule has 0 heterocycles. The Morgan fingerprint density at radius 1 is 0.812 bits per heavy atom. The highest BCUT2D eigenvalue weighted by Gasteiger charge is 2.18. The molecule has 2 aromatic carbocycles. The zero-order valence-corrected chi connectivity index (χ0v) is 18.5. The lowest BCUT2D eigenvalue weighted by Gasteiger charge is -2.27. The molecule has 0 bridgehead atoms. The molecule has 0 radical (unpaired) electrons. The van der Waals surface area contributed by atoms with Crippen LogP contribution in [0.3, 0.4) is 0 Å². The molecular weight excluding hydrogens is 414 g/mol. The predicted molar refractivity (Wildman–Crippen MR) is 120 cm³/mol. The van der Waals surface area contributed by atoms with E-state index >= 15 is 0 Å². The summed E-state index contributed by atoms with van der Waals surface area (Å²) in [6.07, 6.45) is -0.0788. The molecule has 2 atom stereocenters. The molecule has 4 N–H and O–H groups in total. The van der Waals surface area contributed by atoms with E-state index in [4.69, 9.17) is 24.5 Å². The molecule has 2 aromatic rings. The fourth-order valence-electron chi connectivity index (χ4n) is 2.91. The molecule has 0 aliphatic rings. The first-order chi connectivity index (χ1) is 15.2. The smallest absolute Gasteiger partial charge is 0.414 e. The van der Waals surface area contributed by atoms with Crippen LogP contribution >= 0.6 is 0 Å². The Labute approximate surface area is 188 Å². The maximum absolute atomic E-state index is 10.6. The summed E-state index contributed by atoms with van der Waals surface area (Å²) in [6, 6.07) is 19.3. The lowest BCUT2D eigenvalue weighted by atomic mass is 10.1. The highest BCUT2D eigenvalue weighted by Crippen LogP contribution is 2.18. The van der Waals surface area contributed by atoms with Gasteiger partial charge in [0.2, 0.25) is 0 Å². The summed E-state index contributed by atoms with van der Waals surface area (Å²) >= 11 is 0. The van der Waals surface area contributed by atoms with Gasteiger partial charge < -0.3 is 25.2 Å². The van der Waals surface area contributed by atoms with Crippen LogP contribution in [0.4, 0.5) is 0 Å². The SMILES string of the molecule is CC(C)OCCCN(CC(O)c1ccccc1)CC(O)c1ccccc1.O=C(O)C(=O)O. The molecule has 0 fully saturated rings. The summed E-state index contributed by atoms with van der Waals surface area (Å²) < 4.78 is 5.62. The number of carboxylic acid groups (broad SMARTS) is 2. The van der Waals surface area contributed by atoms with Gasteiger partial charge in [-0.05, 0) is 31.4 Å². The van der Waals surface area contributed by atoms with E-state index in [-0.39, 0.29) is 6.10 Å². The third-order valence-electron chi connectivity index (χ3n) is 4.48. The third-order valence-corrected chi connectivity index (χ3v) is 4.48. The molecule has 0 aliphatic heterocycles. The monoisotopic (exact) mass is 447 g/mol. The first-order valence-corrected chi connectivity index (χ1v) is 10.5. The van der Waals surface area contributed by atoms with Gasteiger partial charge in [-0.25, -0.2) is 9.59 Å². The van der Waals surface area contributed by atoms with Gasteiger partial charge in [0.25, 0.3) is 0 Å². The first kappa shape index (κ1) is 27.3. The van der Waals surface area contributed by atoms with Gasteiger partial charge in [-0.2, -0.15) is 0 Å². The number of carboxylic acids is 2. The lowest BCUT2D eigenvalue weighted by molar-refractivity contribution is -0.159. The van der Waals surface area contributed by atoms with E-state index in [9.17, 15) is 10.2 Å². The van der Waals surface area contributed by atoms with E-state index in [0.717, 1.165) is 24.1 Å². The van der Waals surface area contributed by atoms with Crippen molar-refractivity contribution in [1.29, 1.82) is 0 Å². The van der Waals surface area contributed by atoms with Gasteiger partial charge in [0.05, 0.1) is 18.3 Å². The maximum atomic E-state index is 10.6. The van der Waals surface area contributed by atoms with Crippen LogP contribution in [-0.4, -0.2) is 69.6 Å². The van der Waals surface area contributed by atoms with Crippen molar-refractivity contribution in [1.82, 2.24) is 4.90 Å². The van der Waals surface area contributed by atoms with Crippen LogP contribution < -0.4 is 0 Å². The third kappa shape index (κ3) is 11.6. The molecule has 2 unspecified atom stereocenters. The number of rotatable bonds is 11. The fourth-order valence-corrected chi connectivity index (χ4v) is 2.91. The molecule has 0 amide bonds. The van der Waals surface area contributed by atoms with Crippen molar-refractivity contribution >= 4 is 11.9 Å². The van der Waals surface area contributed by atoms with Crippen LogP contribution in [-0.2, 0) is 14.3 Å². The average molecular weight is 448 g/mol. The van der Waals surface area contributed by atoms with Crippen LogP contribution in [0.1, 0.15) is 43.6 Å². The van der Waals surface area contributed by atoms with E-state index in [1.807, 2.05) is 74.5 Å². The van der Waals surface area contributed by atoms with E-state index < -0.39 is 24.1 Å². The molecule has 176 valence electrons. The first-order valence-electron chi connectivity index (χ1n) is 10.5. The number of hydrogen-bond acceptors (Lipinski definition) is 6. The summed E-state index contributed by atoms with van der Waals surface area (Å²) in [5.41, 5.74) is 1.79. The number of aliphatic carboxylic acids is 2. The summed E-state index contributed by atoms with van der Waals surface area (Å²) in [7, 11) is 0. The Kier molecular flexibility index (Phi) is 12.9. The van der Waals surface area contributed by atoms with Crippen molar-refractivity contribution in [3.8, 4) is 0 Å². The summed E-state index contributed by atoms with van der Waals surface area (Å²) in [6.45, 7) is 6.45. The van der Waals surface area contributed by atoms with Gasteiger partial charge in [-0.3, -0.25) is 4.90 Å². The second-order valence-corrected chi connectivity index (χ2v) is 7.50. The van der Waals surface area contributed by atoms with Crippen molar-refractivity contribution in [2.75, 3.05) is 26.2 Å². The average Bonchev–Trinajstić information content (AvgIpc) is 2.78. The number of hydrogen-bond donors (Lipinski definition) is 4. The van der Waals surface area contributed by atoms with Crippen LogP contribution in [0, 0.1) is 0 Å². The Bertz CT molecular complexity index is 724. The van der Waals surface area contributed by atoms with Gasteiger partial charge in [0, 0.05) is 26.2 Å². The normalized spacial score (nSPS) is 12.7. The van der Waals surface area contributed by atoms with Crippen LogP contribution in [0.2, 0.25) is 0 Å². The van der Waals surface area contributed by atoms with Gasteiger partial charge in [-0.1, -0.05) is 60.7 Å². The van der Waals surface area contributed by atoms with E-state index in [2.05, 4.69) is 4.90 Å². The highest BCUT2D eigenvalue weighted by molar-refractivity contribution is 6.27. The number of nitrogens with zero attached hydrogens (tertiary/aromatic N) is 1. The van der Waals surface area contributed by atoms with Crippen LogP contribution in [0.15, 0.2) is 60.7 Å². The highest BCUT2D eigenvalue weighted by atomic mass is 16.5. The Morgan fingerprint density at radius 2 is 1.22 bits per heavy atom. The Balaban J connectivity index is 0.000000751. The van der Waals surface area contributed by atoms with Crippen molar-refractivity contribution in [2.24, 2.45) is 0 Å². The van der Waals surface area contributed by atoms with Crippen LogP contribution in [0.25, 0.3) is 0 Å². The number of ether oxygens (including phenoxy) is 1. The minimum Gasteiger partial charge on any atom is -0.473 e. The van der Waals surface area contributed by atoms with Gasteiger partial charge in [0.1, 0.15) is 0 Å². The van der Waals surface area contributed by atoms with Gasteiger partial charge >= 0.3 is 11.9 Å². The second-order valence-electron chi connectivity index (χ2n) is 7.50. The van der Waals surface area contributed by atoms with Crippen molar-refractivity contribution < 1.29 is 34.8 Å². The van der Waals surface area contributed by atoms with E-state index in [1.165, 1.54) is 0 Å². The quantitative estimate of drug-likeness (QED) is 0.306. The maximum Gasteiger partial charge on any atom is 0.414 e. The predicted octanol–water partition coefficient (Wildman–Crippen LogP) is 2.73. The molecule has 8 nitrogen and oxygen atoms in total. The number of carbonyl (C=O) groups is 2.